The van der Waals surface area contributed by atoms with Crippen LogP contribution >= 0.6 is 24.0 Å². The van der Waals surface area contributed by atoms with Crippen molar-refractivity contribution in [3.63, 3.8) is 0 Å². The highest BCUT2D eigenvalue weighted by Crippen LogP contribution is 2.29. The number of hydrogen-bond acceptors (Lipinski definition) is 2. The maximum atomic E-state index is 13.1. The molecule has 4 rings (SSSR count). The van der Waals surface area contributed by atoms with E-state index < -0.39 is 0 Å². The third kappa shape index (κ3) is 5.31. The van der Waals surface area contributed by atoms with Gasteiger partial charge >= 0.3 is 0 Å². The molecule has 0 fully saturated rings. The van der Waals surface area contributed by atoms with Gasteiger partial charge in [0.05, 0.1) is 0 Å². The Morgan fingerprint density at radius 1 is 0.800 bits per heavy atom. The first-order valence-corrected chi connectivity index (χ1v) is 9.90. The molecule has 0 aliphatic rings. The fourth-order valence-corrected chi connectivity index (χ4v) is 3.53. The SMILES string of the molecule is Cl.Fc1ccc(CNCc2c(OCc3ccccc3Cl)ccc3ccccc23)cc1. The molecule has 2 nitrogen and oxygen atoms in total. The maximum Gasteiger partial charge on any atom is 0.124 e. The Kier molecular flexibility index (Phi) is 7.69. The number of rotatable bonds is 7. The van der Waals surface area contributed by atoms with Crippen LogP contribution in [0.4, 0.5) is 4.39 Å². The topological polar surface area (TPSA) is 21.3 Å². The van der Waals surface area contributed by atoms with E-state index in [2.05, 4.69) is 23.5 Å². The van der Waals surface area contributed by atoms with Gasteiger partial charge < -0.3 is 10.1 Å². The molecule has 4 aromatic carbocycles. The van der Waals surface area contributed by atoms with E-state index in [1.807, 2.05) is 42.5 Å². The van der Waals surface area contributed by atoms with Gasteiger partial charge in [0.15, 0.2) is 0 Å². The Labute approximate surface area is 187 Å². The third-order valence-electron chi connectivity index (χ3n) is 4.88. The molecule has 0 bridgehead atoms. The van der Waals surface area contributed by atoms with Gasteiger partial charge in [-0.2, -0.15) is 0 Å². The summed E-state index contributed by atoms with van der Waals surface area (Å²) >= 11 is 6.27. The molecule has 0 aliphatic heterocycles. The Hall–Kier alpha value is -2.59. The van der Waals surface area contributed by atoms with Crippen LogP contribution in [0.5, 0.6) is 5.75 Å². The summed E-state index contributed by atoms with van der Waals surface area (Å²) < 4.78 is 19.3. The quantitative estimate of drug-likeness (QED) is 0.335. The van der Waals surface area contributed by atoms with Crippen molar-refractivity contribution in [3.05, 3.63) is 112 Å². The minimum Gasteiger partial charge on any atom is -0.488 e. The summed E-state index contributed by atoms with van der Waals surface area (Å²) in [6.45, 7) is 1.69. The standard InChI is InChI=1S/C25H21ClFNO.ClH/c26-24-8-4-2-6-20(24)17-29-25-14-11-19-5-1-3-7-22(19)23(25)16-28-15-18-9-12-21(27)13-10-18;/h1-14,28H,15-17H2;1H. The molecule has 0 radical (unpaired) electrons. The number of halogens is 3. The maximum absolute atomic E-state index is 13.1. The lowest BCUT2D eigenvalue weighted by atomic mass is 10.0. The van der Waals surface area contributed by atoms with Crippen molar-refractivity contribution in [2.45, 2.75) is 19.7 Å². The molecule has 0 spiro atoms. The van der Waals surface area contributed by atoms with Gasteiger partial charge in [0, 0.05) is 29.2 Å². The van der Waals surface area contributed by atoms with Gasteiger partial charge in [-0.05, 0) is 40.6 Å². The summed E-state index contributed by atoms with van der Waals surface area (Å²) in [5, 5.41) is 6.46. The van der Waals surface area contributed by atoms with E-state index in [9.17, 15) is 4.39 Å². The van der Waals surface area contributed by atoms with Crippen molar-refractivity contribution in [3.8, 4) is 5.75 Å². The zero-order valence-corrected chi connectivity index (χ0v) is 17.8. The monoisotopic (exact) mass is 441 g/mol. The average molecular weight is 442 g/mol. The van der Waals surface area contributed by atoms with Gasteiger partial charge in [0.2, 0.25) is 0 Å². The molecule has 0 heterocycles. The van der Waals surface area contributed by atoms with Crippen LogP contribution in [0, 0.1) is 5.82 Å². The summed E-state index contributed by atoms with van der Waals surface area (Å²) in [6.07, 6.45) is 0. The van der Waals surface area contributed by atoms with Crippen LogP contribution in [0.25, 0.3) is 10.8 Å². The third-order valence-corrected chi connectivity index (χ3v) is 5.25. The number of benzene rings is 4. The van der Waals surface area contributed by atoms with Crippen molar-refractivity contribution in [2.24, 2.45) is 0 Å². The molecular weight excluding hydrogens is 420 g/mol. The van der Waals surface area contributed by atoms with Gasteiger partial charge in [-0.1, -0.05) is 72.3 Å². The highest BCUT2D eigenvalue weighted by atomic mass is 35.5. The predicted octanol–water partition coefficient (Wildman–Crippen LogP) is 6.92. The van der Waals surface area contributed by atoms with Gasteiger partial charge in [0.1, 0.15) is 18.2 Å². The summed E-state index contributed by atoms with van der Waals surface area (Å²) in [5.41, 5.74) is 3.08. The Morgan fingerprint density at radius 3 is 2.33 bits per heavy atom. The van der Waals surface area contributed by atoms with Gasteiger partial charge in [0.25, 0.3) is 0 Å². The second-order valence-electron chi connectivity index (χ2n) is 6.87. The second-order valence-corrected chi connectivity index (χ2v) is 7.28. The minimum absolute atomic E-state index is 0. The molecule has 0 unspecified atom stereocenters. The summed E-state index contributed by atoms with van der Waals surface area (Å²) in [7, 11) is 0. The predicted molar refractivity (Wildman–Crippen MR) is 124 cm³/mol. The second kappa shape index (κ2) is 10.4. The molecule has 5 heteroatoms. The fourth-order valence-electron chi connectivity index (χ4n) is 3.34. The van der Waals surface area contributed by atoms with E-state index in [0.717, 1.165) is 33.2 Å². The van der Waals surface area contributed by atoms with Crippen molar-refractivity contribution >= 4 is 34.8 Å². The van der Waals surface area contributed by atoms with Gasteiger partial charge in [-0.25, -0.2) is 4.39 Å². The molecule has 1 N–H and O–H groups in total. The smallest absolute Gasteiger partial charge is 0.124 e. The normalized spacial score (nSPS) is 10.6. The first-order valence-electron chi connectivity index (χ1n) is 9.53. The van der Waals surface area contributed by atoms with Crippen LogP contribution < -0.4 is 10.1 Å². The van der Waals surface area contributed by atoms with E-state index in [1.165, 1.54) is 12.1 Å². The Bertz CT molecular complexity index is 1120. The Morgan fingerprint density at radius 2 is 1.53 bits per heavy atom. The number of nitrogens with one attached hydrogen (secondary N) is 1. The molecule has 154 valence electrons. The lowest BCUT2D eigenvalue weighted by Gasteiger charge is -2.16. The van der Waals surface area contributed by atoms with Crippen LogP contribution in [0.1, 0.15) is 16.7 Å². The molecule has 30 heavy (non-hydrogen) atoms. The van der Waals surface area contributed by atoms with E-state index >= 15 is 0 Å². The Balaban J connectivity index is 0.00000256. The highest BCUT2D eigenvalue weighted by Gasteiger charge is 2.10. The molecule has 0 aromatic heterocycles. The first-order chi connectivity index (χ1) is 14.2. The van der Waals surface area contributed by atoms with Crippen LogP contribution in [0.2, 0.25) is 5.02 Å². The van der Waals surface area contributed by atoms with Crippen LogP contribution in [-0.4, -0.2) is 0 Å². The summed E-state index contributed by atoms with van der Waals surface area (Å²) in [6, 6.07) is 26.6. The lowest BCUT2D eigenvalue weighted by Crippen LogP contribution is -2.14. The van der Waals surface area contributed by atoms with E-state index in [4.69, 9.17) is 16.3 Å². The van der Waals surface area contributed by atoms with Gasteiger partial charge in [-0.15, -0.1) is 12.4 Å². The molecule has 0 amide bonds. The van der Waals surface area contributed by atoms with E-state index in [-0.39, 0.29) is 18.2 Å². The van der Waals surface area contributed by atoms with Crippen LogP contribution in [-0.2, 0) is 19.7 Å². The van der Waals surface area contributed by atoms with Crippen molar-refractivity contribution in [2.75, 3.05) is 0 Å². The average Bonchev–Trinajstić information content (AvgIpc) is 2.75. The van der Waals surface area contributed by atoms with Crippen LogP contribution in [0.15, 0.2) is 84.9 Å². The van der Waals surface area contributed by atoms with E-state index in [1.54, 1.807) is 12.1 Å². The van der Waals surface area contributed by atoms with Crippen molar-refractivity contribution < 1.29 is 9.13 Å². The van der Waals surface area contributed by atoms with Crippen molar-refractivity contribution in [1.29, 1.82) is 0 Å². The largest absolute Gasteiger partial charge is 0.488 e. The van der Waals surface area contributed by atoms with Crippen LogP contribution in [0.3, 0.4) is 0 Å². The number of fused-ring (bicyclic) bond motifs is 1. The zero-order valence-electron chi connectivity index (χ0n) is 16.3. The highest BCUT2D eigenvalue weighted by molar-refractivity contribution is 6.31. The van der Waals surface area contributed by atoms with Crippen molar-refractivity contribution in [1.82, 2.24) is 5.32 Å². The molecular formula is C25H22Cl2FNO. The molecule has 4 aromatic rings. The van der Waals surface area contributed by atoms with Gasteiger partial charge in [-0.3, -0.25) is 0 Å². The number of ether oxygens (including phenoxy) is 1. The lowest BCUT2D eigenvalue weighted by molar-refractivity contribution is 0.303. The summed E-state index contributed by atoms with van der Waals surface area (Å²) in [5.74, 6) is 0.605. The molecule has 0 atom stereocenters. The molecule has 0 saturated heterocycles. The summed E-state index contributed by atoms with van der Waals surface area (Å²) in [4.78, 5) is 0. The zero-order chi connectivity index (χ0) is 20.1. The molecule has 0 aliphatic carbocycles. The minimum atomic E-state index is -0.224. The molecule has 0 saturated carbocycles. The first kappa shape index (κ1) is 22.1. The van der Waals surface area contributed by atoms with E-state index in [0.29, 0.717) is 24.7 Å². The fraction of sp³-hybridized carbons (Fsp3) is 0.120. The number of hydrogen-bond donors (Lipinski definition) is 1.